The lowest BCUT2D eigenvalue weighted by molar-refractivity contribution is 0.316. The van der Waals surface area contributed by atoms with E-state index in [1.807, 2.05) is 18.2 Å². The molecule has 0 saturated heterocycles. The van der Waals surface area contributed by atoms with Gasteiger partial charge in [0, 0.05) is 0 Å². The van der Waals surface area contributed by atoms with Crippen LogP contribution < -0.4 is 0 Å². The van der Waals surface area contributed by atoms with Gasteiger partial charge in [-0.2, -0.15) is 8.42 Å². The van der Waals surface area contributed by atoms with E-state index in [-0.39, 0.29) is 6.61 Å². The number of hydrogen-bond donors (Lipinski definition) is 0. The first-order valence-electron chi connectivity index (χ1n) is 6.53. The van der Waals surface area contributed by atoms with Crippen molar-refractivity contribution in [3.05, 3.63) is 60.2 Å². The molecule has 0 saturated carbocycles. The molecule has 0 N–H and O–H groups in total. The summed E-state index contributed by atoms with van der Waals surface area (Å²) in [6, 6.07) is 18.5. The molecule has 20 heavy (non-hydrogen) atoms. The molecule has 2 aromatic rings. The van der Waals surface area contributed by atoms with Crippen LogP contribution in [-0.4, -0.2) is 21.3 Å². The normalized spacial score (nSPS) is 11.4. The van der Waals surface area contributed by atoms with Crippen LogP contribution in [0, 0.1) is 0 Å². The highest BCUT2D eigenvalue weighted by molar-refractivity contribution is 7.85. The molecular weight excluding hydrogens is 272 g/mol. The van der Waals surface area contributed by atoms with Gasteiger partial charge in [-0.15, -0.1) is 0 Å². The summed E-state index contributed by atoms with van der Waals surface area (Å²) in [6.07, 6.45) is 2.57. The van der Waals surface area contributed by atoms with E-state index in [1.54, 1.807) is 0 Å². The molecule has 0 heterocycles. The molecule has 0 spiro atoms. The minimum atomic E-state index is -3.32. The van der Waals surface area contributed by atoms with Gasteiger partial charge in [0.15, 0.2) is 0 Å². The van der Waals surface area contributed by atoms with Gasteiger partial charge in [0.25, 0.3) is 10.1 Å². The van der Waals surface area contributed by atoms with Crippen molar-refractivity contribution in [3.63, 3.8) is 0 Å². The third-order valence-electron chi connectivity index (χ3n) is 2.97. The SMILES string of the molecule is CS(=O)(=O)OCCCc1ccc(-c2ccccc2)cc1. The quantitative estimate of drug-likeness (QED) is 0.606. The van der Waals surface area contributed by atoms with Crippen molar-refractivity contribution in [2.24, 2.45) is 0 Å². The highest BCUT2D eigenvalue weighted by Crippen LogP contribution is 2.19. The van der Waals surface area contributed by atoms with E-state index < -0.39 is 10.1 Å². The number of aryl methyl sites for hydroxylation is 1. The van der Waals surface area contributed by atoms with E-state index in [4.69, 9.17) is 4.18 Å². The van der Waals surface area contributed by atoms with Gasteiger partial charge in [-0.1, -0.05) is 54.6 Å². The number of benzene rings is 2. The molecule has 0 aromatic heterocycles. The van der Waals surface area contributed by atoms with Crippen molar-refractivity contribution < 1.29 is 12.6 Å². The molecule has 2 rings (SSSR count). The lowest BCUT2D eigenvalue weighted by Crippen LogP contribution is -2.04. The van der Waals surface area contributed by atoms with Crippen LogP contribution in [0.15, 0.2) is 54.6 Å². The molecule has 3 nitrogen and oxygen atoms in total. The van der Waals surface area contributed by atoms with Crippen LogP contribution in [0.3, 0.4) is 0 Å². The van der Waals surface area contributed by atoms with Crippen molar-refractivity contribution in [1.29, 1.82) is 0 Å². The maximum Gasteiger partial charge on any atom is 0.264 e. The molecular formula is C16H18O3S. The summed E-state index contributed by atoms with van der Waals surface area (Å²) in [5.74, 6) is 0. The molecule has 0 fully saturated rings. The van der Waals surface area contributed by atoms with Crippen LogP contribution in [0.5, 0.6) is 0 Å². The van der Waals surface area contributed by atoms with Gasteiger partial charge in [-0.25, -0.2) is 0 Å². The second-order valence-corrected chi connectivity index (χ2v) is 6.34. The largest absolute Gasteiger partial charge is 0.270 e. The van der Waals surface area contributed by atoms with Gasteiger partial charge in [0.2, 0.25) is 0 Å². The fourth-order valence-electron chi connectivity index (χ4n) is 1.98. The molecule has 106 valence electrons. The molecule has 0 radical (unpaired) electrons. The van der Waals surface area contributed by atoms with Crippen LogP contribution in [0.4, 0.5) is 0 Å². The Bertz CT molecular complexity index is 631. The Kier molecular flexibility index (Phi) is 4.93. The van der Waals surface area contributed by atoms with Crippen LogP contribution in [0.25, 0.3) is 11.1 Å². The molecule has 4 heteroatoms. The van der Waals surface area contributed by atoms with E-state index in [9.17, 15) is 8.42 Å². The van der Waals surface area contributed by atoms with Crippen molar-refractivity contribution >= 4 is 10.1 Å². The third-order valence-corrected chi connectivity index (χ3v) is 3.56. The molecule has 0 amide bonds. The monoisotopic (exact) mass is 290 g/mol. The van der Waals surface area contributed by atoms with Gasteiger partial charge in [-0.3, -0.25) is 4.18 Å². The van der Waals surface area contributed by atoms with Crippen LogP contribution in [-0.2, 0) is 20.7 Å². The second kappa shape index (κ2) is 6.68. The summed E-state index contributed by atoms with van der Waals surface area (Å²) < 4.78 is 26.4. The predicted octanol–water partition coefficient (Wildman–Crippen LogP) is 3.26. The van der Waals surface area contributed by atoms with Crippen LogP contribution >= 0.6 is 0 Å². The Hall–Kier alpha value is -1.65. The smallest absolute Gasteiger partial charge is 0.264 e. The maximum absolute atomic E-state index is 10.8. The molecule has 0 unspecified atom stereocenters. The minimum Gasteiger partial charge on any atom is -0.270 e. The van der Waals surface area contributed by atoms with Gasteiger partial charge in [-0.05, 0) is 29.5 Å². The fourth-order valence-corrected chi connectivity index (χ4v) is 2.40. The first-order chi connectivity index (χ1) is 9.54. The highest BCUT2D eigenvalue weighted by atomic mass is 32.2. The van der Waals surface area contributed by atoms with Crippen molar-refractivity contribution in [1.82, 2.24) is 0 Å². The van der Waals surface area contributed by atoms with E-state index in [1.165, 1.54) is 16.7 Å². The zero-order valence-corrected chi connectivity index (χ0v) is 12.3. The Balaban J connectivity index is 1.89. The first kappa shape index (κ1) is 14.8. The molecule has 0 bridgehead atoms. The van der Waals surface area contributed by atoms with E-state index in [2.05, 4.69) is 36.4 Å². The summed E-state index contributed by atoms with van der Waals surface area (Å²) in [7, 11) is -3.32. The molecule has 0 aliphatic heterocycles. The zero-order chi connectivity index (χ0) is 14.4. The van der Waals surface area contributed by atoms with Gasteiger partial charge < -0.3 is 0 Å². The van der Waals surface area contributed by atoms with Gasteiger partial charge >= 0.3 is 0 Å². The second-order valence-electron chi connectivity index (χ2n) is 4.69. The first-order valence-corrected chi connectivity index (χ1v) is 8.35. The van der Waals surface area contributed by atoms with E-state index in [0.717, 1.165) is 12.7 Å². The van der Waals surface area contributed by atoms with Crippen LogP contribution in [0.2, 0.25) is 0 Å². The van der Waals surface area contributed by atoms with Crippen LogP contribution in [0.1, 0.15) is 12.0 Å². The molecule has 0 aliphatic carbocycles. The van der Waals surface area contributed by atoms with Crippen molar-refractivity contribution in [3.8, 4) is 11.1 Å². The fraction of sp³-hybridized carbons (Fsp3) is 0.250. The molecule has 2 aromatic carbocycles. The predicted molar refractivity (Wildman–Crippen MR) is 81.0 cm³/mol. The average molecular weight is 290 g/mol. The lowest BCUT2D eigenvalue weighted by Gasteiger charge is -2.05. The lowest BCUT2D eigenvalue weighted by atomic mass is 10.0. The third kappa shape index (κ3) is 4.79. The van der Waals surface area contributed by atoms with Gasteiger partial charge in [0.05, 0.1) is 12.9 Å². The Morgan fingerprint density at radius 3 is 2.10 bits per heavy atom. The number of hydrogen-bond acceptors (Lipinski definition) is 3. The Labute approximate surface area is 120 Å². The number of rotatable bonds is 6. The van der Waals surface area contributed by atoms with Crippen molar-refractivity contribution in [2.75, 3.05) is 12.9 Å². The van der Waals surface area contributed by atoms with Gasteiger partial charge in [0.1, 0.15) is 0 Å². The summed E-state index contributed by atoms with van der Waals surface area (Å²) in [5, 5.41) is 0. The van der Waals surface area contributed by atoms with E-state index >= 15 is 0 Å². The molecule has 0 aliphatic rings. The van der Waals surface area contributed by atoms with E-state index in [0.29, 0.717) is 6.42 Å². The summed E-state index contributed by atoms with van der Waals surface area (Å²) in [5.41, 5.74) is 3.56. The summed E-state index contributed by atoms with van der Waals surface area (Å²) in [6.45, 7) is 0.235. The summed E-state index contributed by atoms with van der Waals surface area (Å²) >= 11 is 0. The minimum absolute atomic E-state index is 0.235. The zero-order valence-electron chi connectivity index (χ0n) is 11.5. The average Bonchev–Trinajstić information content (AvgIpc) is 2.44. The topological polar surface area (TPSA) is 43.4 Å². The Morgan fingerprint density at radius 1 is 0.900 bits per heavy atom. The van der Waals surface area contributed by atoms with Crippen molar-refractivity contribution in [2.45, 2.75) is 12.8 Å². The maximum atomic E-state index is 10.8. The molecule has 0 atom stereocenters. The highest BCUT2D eigenvalue weighted by Gasteiger charge is 2.02. The standard InChI is InChI=1S/C16H18O3S/c1-20(17,18)19-13-5-6-14-9-11-16(12-10-14)15-7-3-2-4-8-15/h2-4,7-12H,5-6,13H2,1H3. The summed E-state index contributed by atoms with van der Waals surface area (Å²) in [4.78, 5) is 0. The Morgan fingerprint density at radius 2 is 1.50 bits per heavy atom.